The molecule has 1 aliphatic carbocycles. The van der Waals surface area contributed by atoms with E-state index in [0.29, 0.717) is 0 Å². The maximum atomic E-state index is 4.35. The van der Waals surface area contributed by atoms with Gasteiger partial charge in [-0.25, -0.2) is 0 Å². The number of para-hydroxylation sites is 1. The summed E-state index contributed by atoms with van der Waals surface area (Å²) < 4.78 is 7.70. The zero-order valence-electron chi connectivity index (χ0n) is 21.0. The van der Waals surface area contributed by atoms with E-state index >= 15 is 0 Å². The van der Waals surface area contributed by atoms with Crippen molar-refractivity contribution in [2.24, 2.45) is 0 Å². The van der Waals surface area contributed by atoms with E-state index < -0.39 is 0 Å². The molecule has 182 valence electrons. The van der Waals surface area contributed by atoms with E-state index in [2.05, 4.69) is 123 Å². The molecule has 2 aliphatic rings. The van der Waals surface area contributed by atoms with Gasteiger partial charge in [0.2, 0.25) is 17.1 Å². The topological polar surface area (TPSA) is 20.8 Å². The molecular weight excluding hydrogens is 494 g/mol. The molecule has 7 aromatic rings. The number of benzene rings is 4. The molecule has 4 heteroatoms. The first-order chi connectivity index (χ1) is 19.4. The third-order valence-corrected chi connectivity index (χ3v) is 9.29. The van der Waals surface area contributed by atoms with Crippen molar-refractivity contribution in [2.45, 2.75) is 6.04 Å². The van der Waals surface area contributed by atoms with Gasteiger partial charge in [-0.3, -0.25) is 4.98 Å². The molecule has 1 unspecified atom stereocenters. The number of hydrogen-bond donors (Lipinski definition) is 0. The van der Waals surface area contributed by atoms with Crippen LogP contribution in [0.1, 0.15) is 6.04 Å². The molecule has 0 saturated heterocycles. The van der Waals surface area contributed by atoms with Gasteiger partial charge in [-0.15, -0.1) is 11.3 Å². The fourth-order valence-electron chi connectivity index (χ4n) is 6.59. The van der Waals surface area contributed by atoms with E-state index in [9.17, 15) is 0 Å². The molecule has 3 aromatic heterocycles. The van der Waals surface area contributed by atoms with Crippen LogP contribution in [0.15, 0.2) is 128 Å². The first-order valence-corrected chi connectivity index (χ1v) is 14.1. The highest BCUT2D eigenvalue weighted by Crippen LogP contribution is 2.48. The van der Waals surface area contributed by atoms with Crippen LogP contribution in [0.2, 0.25) is 0 Å². The molecular formula is C35H22N3S+. The summed E-state index contributed by atoms with van der Waals surface area (Å²) >= 11 is 1.89. The van der Waals surface area contributed by atoms with Gasteiger partial charge in [0.25, 0.3) is 0 Å². The first-order valence-electron chi connectivity index (χ1n) is 13.3. The van der Waals surface area contributed by atoms with Gasteiger partial charge in [0.05, 0.1) is 5.52 Å². The molecule has 0 N–H and O–H groups in total. The van der Waals surface area contributed by atoms with Gasteiger partial charge in [-0.1, -0.05) is 66.8 Å². The Labute approximate surface area is 228 Å². The van der Waals surface area contributed by atoms with E-state index in [-0.39, 0.29) is 6.04 Å². The van der Waals surface area contributed by atoms with Crippen LogP contribution in [0.3, 0.4) is 0 Å². The van der Waals surface area contributed by atoms with Crippen LogP contribution >= 0.6 is 11.3 Å². The van der Waals surface area contributed by atoms with Crippen LogP contribution in [0.4, 0.5) is 11.4 Å². The molecule has 0 bridgehead atoms. The van der Waals surface area contributed by atoms with Crippen molar-refractivity contribution in [1.29, 1.82) is 0 Å². The fourth-order valence-corrected chi connectivity index (χ4v) is 7.70. The van der Waals surface area contributed by atoms with Gasteiger partial charge in [0.15, 0.2) is 0 Å². The van der Waals surface area contributed by atoms with Crippen LogP contribution in [0.25, 0.3) is 53.1 Å². The number of hydrogen-bond acceptors (Lipinski definition) is 2. The second-order valence-electron chi connectivity index (χ2n) is 10.2. The van der Waals surface area contributed by atoms with Crippen LogP contribution in [-0.4, -0.2) is 15.3 Å². The largest absolute Gasteiger partial charge is 0.318 e. The third-order valence-electron chi connectivity index (χ3n) is 8.16. The smallest absolute Gasteiger partial charge is 0.235 e. The minimum Gasteiger partial charge on any atom is -0.318 e. The zero-order chi connectivity index (χ0) is 25.5. The SMILES string of the molecule is C1=CC2=[N+](c3cccc(-c4cccnc4)c3)c3cccc4c5c6c(ccc5n(c34)C2C=C1)sc1ccccc16. The number of allylic oxidation sites excluding steroid dienone is 4. The minimum atomic E-state index is 0.106. The lowest BCUT2D eigenvalue weighted by Crippen LogP contribution is -2.30. The second-order valence-corrected chi connectivity index (χ2v) is 11.3. The minimum absolute atomic E-state index is 0.106. The Balaban J connectivity index is 1.40. The van der Waals surface area contributed by atoms with Crippen LogP contribution < -0.4 is 4.58 Å². The molecule has 4 heterocycles. The maximum Gasteiger partial charge on any atom is 0.235 e. The van der Waals surface area contributed by atoms with Crippen molar-refractivity contribution in [3.8, 4) is 11.1 Å². The number of thiophene rings is 1. The second kappa shape index (κ2) is 7.85. The van der Waals surface area contributed by atoms with Crippen molar-refractivity contribution in [3.63, 3.8) is 0 Å². The summed E-state index contributed by atoms with van der Waals surface area (Å²) in [6.07, 6.45) is 12.7. The molecule has 0 radical (unpaired) electrons. The summed E-state index contributed by atoms with van der Waals surface area (Å²) in [6.45, 7) is 0. The maximum absolute atomic E-state index is 4.35. The van der Waals surface area contributed by atoms with E-state index in [1.54, 1.807) is 0 Å². The Bertz CT molecular complexity index is 2230. The van der Waals surface area contributed by atoms with E-state index in [1.807, 2.05) is 29.8 Å². The molecule has 0 amide bonds. The summed E-state index contributed by atoms with van der Waals surface area (Å²) in [6, 6.07) is 33.3. The zero-order valence-corrected chi connectivity index (χ0v) is 21.8. The van der Waals surface area contributed by atoms with E-state index in [1.165, 1.54) is 53.4 Å². The summed E-state index contributed by atoms with van der Waals surface area (Å²) in [5.41, 5.74) is 8.50. The Morgan fingerprint density at radius 3 is 2.59 bits per heavy atom. The lowest BCUT2D eigenvalue weighted by molar-refractivity contribution is 0.781. The molecule has 39 heavy (non-hydrogen) atoms. The van der Waals surface area contributed by atoms with Crippen molar-refractivity contribution >= 4 is 70.4 Å². The van der Waals surface area contributed by atoms with Gasteiger partial charge >= 0.3 is 0 Å². The standard InChI is InChI=1S/C35H22N3S/c1-4-16-31-25(11-1)34-32(39-31)18-17-29-33(34)26-12-6-15-30-35(26)38(29)28-14-3-2-13-27(28)37(30)24-10-5-8-22(20-24)23-9-7-19-36-21-23/h1-21,28H/q+1. The normalized spacial score (nSPS) is 16.2. The molecule has 1 atom stereocenters. The van der Waals surface area contributed by atoms with Gasteiger partial charge in [0, 0.05) is 73.2 Å². The summed E-state index contributed by atoms with van der Waals surface area (Å²) in [4.78, 5) is 4.35. The lowest BCUT2D eigenvalue weighted by Gasteiger charge is -2.24. The lowest BCUT2D eigenvalue weighted by atomic mass is 10.0. The molecule has 0 saturated carbocycles. The Kier molecular flexibility index (Phi) is 4.26. The molecule has 0 fully saturated rings. The number of nitrogens with zero attached hydrogens (tertiary/aromatic N) is 3. The van der Waals surface area contributed by atoms with Crippen LogP contribution in [-0.2, 0) is 0 Å². The molecule has 1 aliphatic heterocycles. The highest BCUT2D eigenvalue weighted by atomic mass is 32.1. The van der Waals surface area contributed by atoms with Crippen molar-refractivity contribution in [2.75, 3.05) is 0 Å². The van der Waals surface area contributed by atoms with Crippen LogP contribution in [0.5, 0.6) is 0 Å². The fraction of sp³-hybridized carbons (Fsp3) is 0.0286. The van der Waals surface area contributed by atoms with Gasteiger partial charge in [0.1, 0.15) is 11.6 Å². The highest BCUT2D eigenvalue weighted by molar-refractivity contribution is 7.26. The number of rotatable bonds is 2. The Hall–Kier alpha value is -4.80. The molecule has 0 spiro atoms. The number of pyridine rings is 1. The van der Waals surface area contributed by atoms with Crippen molar-refractivity contribution < 1.29 is 0 Å². The van der Waals surface area contributed by atoms with Gasteiger partial charge in [-0.05, 0) is 29.8 Å². The average molecular weight is 517 g/mol. The van der Waals surface area contributed by atoms with E-state index in [0.717, 1.165) is 16.8 Å². The summed E-state index contributed by atoms with van der Waals surface area (Å²) in [7, 11) is 0. The Morgan fingerprint density at radius 1 is 0.744 bits per heavy atom. The van der Waals surface area contributed by atoms with Crippen molar-refractivity contribution in [3.05, 3.63) is 128 Å². The highest BCUT2D eigenvalue weighted by Gasteiger charge is 2.37. The Morgan fingerprint density at radius 2 is 1.64 bits per heavy atom. The van der Waals surface area contributed by atoms with Gasteiger partial charge in [-0.2, -0.15) is 4.58 Å². The molecule has 4 aromatic carbocycles. The summed E-state index contributed by atoms with van der Waals surface area (Å²) in [5.74, 6) is 0. The molecule has 3 nitrogen and oxygen atoms in total. The van der Waals surface area contributed by atoms with Crippen LogP contribution in [0, 0.1) is 0 Å². The quantitative estimate of drug-likeness (QED) is 0.210. The van der Waals surface area contributed by atoms with Crippen molar-refractivity contribution in [1.82, 2.24) is 14.1 Å². The number of aromatic nitrogens is 2. The van der Waals surface area contributed by atoms with E-state index in [4.69, 9.17) is 0 Å². The third kappa shape index (κ3) is 2.87. The monoisotopic (exact) mass is 516 g/mol. The first kappa shape index (κ1) is 21.2. The predicted octanol–water partition coefficient (Wildman–Crippen LogP) is 9.18. The average Bonchev–Trinajstić information content (AvgIpc) is 3.55. The summed E-state index contributed by atoms with van der Waals surface area (Å²) in [5, 5.41) is 5.39. The number of fused-ring (bicyclic) bond motifs is 9. The molecule has 9 rings (SSSR count). The predicted molar refractivity (Wildman–Crippen MR) is 166 cm³/mol. The van der Waals surface area contributed by atoms with Gasteiger partial charge < -0.3 is 4.57 Å².